The summed E-state index contributed by atoms with van der Waals surface area (Å²) >= 11 is 0. The van der Waals surface area contributed by atoms with Crippen LogP contribution in [0.5, 0.6) is 0 Å². The zero-order chi connectivity index (χ0) is 18.4. The maximum Gasteiger partial charge on any atom is 0.411 e. The van der Waals surface area contributed by atoms with Crippen molar-refractivity contribution in [3.05, 3.63) is 23.5 Å². The van der Waals surface area contributed by atoms with Gasteiger partial charge < -0.3 is 16.2 Å². The zero-order valence-corrected chi connectivity index (χ0v) is 14.4. The van der Waals surface area contributed by atoms with Crippen LogP contribution in [0.25, 0.3) is 0 Å². The van der Waals surface area contributed by atoms with E-state index in [1.165, 1.54) is 6.07 Å². The minimum absolute atomic E-state index is 0.0402. The summed E-state index contributed by atoms with van der Waals surface area (Å²) in [7, 11) is 0. The molecule has 0 saturated carbocycles. The van der Waals surface area contributed by atoms with Crippen LogP contribution < -0.4 is 16.0 Å². The van der Waals surface area contributed by atoms with Crippen molar-refractivity contribution >= 4 is 23.4 Å². The fourth-order valence-electron chi connectivity index (χ4n) is 3.82. The molecule has 4 N–H and O–H groups in total. The quantitative estimate of drug-likeness (QED) is 0.773. The monoisotopic (exact) mass is 350 g/mol. The van der Waals surface area contributed by atoms with Crippen molar-refractivity contribution in [1.82, 2.24) is 4.90 Å². The number of fused-ring (bicyclic) bond motifs is 1. The number of halogens is 1. The van der Waals surface area contributed by atoms with Gasteiger partial charge in [-0.3, -0.25) is 14.6 Å². The summed E-state index contributed by atoms with van der Waals surface area (Å²) in [5.41, 5.74) is 5.96. The van der Waals surface area contributed by atoms with Gasteiger partial charge in [-0.1, -0.05) is 0 Å². The summed E-state index contributed by atoms with van der Waals surface area (Å²) in [6.07, 6.45) is 0.550. The Hall–Kier alpha value is -2.19. The SMILES string of the molecule is CCN(C(=O)O)c1cc(F)cc2c1NC(=O)C2(C)N1CCC[C@H](N)C1. The third-order valence-electron chi connectivity index (χ3n) is 5.22. The van der Waals surface area contributed by atoms with E-state index in [4.69, 9.17) is 5.73 Å². The van der Waals surface area contributed by atoms with Crippen LogP contribution in [0.3, 0.4) is 0 Å². The average molecular weight is 350 g/mol. The van der Waals surface area contributed by atoms with Crippen LogP contribution in [0.1, 0.15) is 32.3 Å². The molecular weight excluding hydrogens is 327 g/mol. The van der Waals surface area contributed by atoms with Gasteiger partial charge >= 0.3 is 6.09 Å². The van der Waals surface area contributed by atoms with E-state index >= 15 is 0 Å². The number of hydrogen-bond acceptors (Lipinski definition) is 4. The number of amides is 2. The summed E-state index contributed by atoms with van der Waals surface area (Å²) in [6, 6.07) is 2.42. The van der Waals surface area contributed by atoms with Gasteiger partial charge in [0.1, 0.15) is 11.4 Å². The van der Waals surface area contributed by atoms with E-state index in [9.17, 15) is 19.1 Å². The maximum absolute atomic E-state index is 14.3. The molecule has 136 valence electrons. The third kappa shape index (κ3) is 2.75. The Morgan fingerprint density at radius 2 is 2.28 bits per heavy atom. The third-order valence-corrected chi connectivity index (χ3v) is 5.22. The lowest BCUT2D eigenvalue weighted by molar-refractivity contribution is -0.127. The van der Waals surface area contributed by atoms with Gasteiger partial charge in [-0.25, -0.2) is 9.18 Å². The molecule has 2 amide bonds. The van der Waals surface area contributed by atoms with Crippen LogP contribution >= 0.6 is 0 Å². The molecule has 1 unspecified atom stereocenters. The van der Waals surface area contributed by atoms with E-state index in [1.807, 2.05) is 4.90 Å². The summed E-state index contributed by atoms with van der Waals surface area (Å²) in [5, 5.41) is 12.2. The number of nitrogens with two attached hydrogens (primary N) is 1. The molecule has 2 aliphatic heterocycles. The molecular formula is C17H23FN4O3. The predicted octanol–water partition coefficient (Wildman–Crippen LogP) is 1.92. The van der Waals surface area contributed by atoms with Crippen molar-refractivity contribution in [2.24, 2.45) is 5.73 Å². The van der Waals surface area contributed by atoms with E-state index in [0.29, 0.717) is 24.3 Å². The first-order chi connectivity index (χ1) is 11.8. The van der Waals surface area contributed by atoms with Crippen molar-refractivity contribution in [3.63, 3.8) is 0 Å². The number of benzene rings is 1. The zero-order valence-electron chi connectivity index (χ0n) is 14.4. The van der Waals surface area contributed by atoms with Gasteiger partial charge in [-0.05, 0) is 45.4 Å². The molecule has 2 heterocycles. The van der Waals surface area contributed by atoms with E-state index < -0.39 is 17.4 Å². The Kier molecular flexibility index (Phi) is 4.42. The molecule has 0 spiro atoms. The van der Waals surface area contributed by atoms with Crippen LogP contribution in [-0.4, -0.2) is 47.7 Å². The van der Waals surface area contributed by atoms with Crippen LogP contribution in [0, 0.1) is 5.82 Å². The Bertz CT molecular complexity index is 726. The molecule has 0 bridgehead atoms. The molecule has 0 radical (unpaired) electrons. The molecule has 0 aliphatic carbocycles. The van der Waals surface area contributed by atoms with Crippen LogP contribution in [0.2, 0.25) is 0 Å². The highest BCUT2D eigenvalue weighted by Crippen LogP contribution is 2.46. The first-order valence-electron chi connectivity index (χ1n) is 8.45. The summed E-state index contributed by atoms with van der Waals surface area (Å²) in [5.74, 6) is -0.859. The van der Waals surface area contributed by atoms with Crippen molar-refractivity contribution in [2.75, 3.05) is 29.9 Å². The van der Waals surface area contributed by atoms with E-state index in [0.717, 1.165) is 23.8 Å². The molecule has 3 rings (SSSR count). The maximum atomic E-state index is 14.3. The van der Waals surface area contributed by atoms with Crippen molar-refractivity contribution < 1.29 is 19.1 Å². The largest absolute Gasteiger partial charge is 0.465 e. The predicted molar refractivity (Wildman–Crippen MR) is 92.2 cm³/mol. The van der Waals surface area contributed by atoms with E-state index in [2.05, 4.69) is 5.32 Å². The lowest BCUT2D eigenvalue weighted by Crippen LogP contribution is -2.55. The normalized spacial score (nSPS) is 26.2. The van der Waals surface area contributed by atoms with Gasteiger partial charge in [0.15, 0.2) is 0 Å². The minimum Gasteiger partial charge on any atom is -0.465 e. The highest BCUT2D eigenvalue weighted by Gasteiger charge is 2.49. The number of carbonyl (C=O) groups excluding carboxylic acids is 1. The number of carbonyl (C=O) groups is 2. The minimum atomic E-state index is -1.20. The molecule has 1 fully saturated rings. The number of nitrogens with zero attached hydrogens (tertiary/aromatic N) is 2. The fourth-order valence-corrected chi connectivity index (χ4v) is 3.82. The van der Waals surface area contributed by atoms with E-state index in [-0.39, 0.29) is 24.2 Å². The molecule has 2 atom stereocenters. The molecule has 8 heteroatoms. The Balaban J connectivity index is 2.12. The molecule has 7 nitrogen and oxygen atoms in total. The van der Waals surface area contributed by atoms with Gasteiger partial charge in [0.05, 0.1) is 11.4 Å². The number of rotatable bonds is 3. The summed E-state index contributed by atoms with van der Waals surface area (Å²) < 4.78 is 14.3. The second kappa shape index (κ2) is 6.27. The number of hydrogen-bond donors (Lipinski definition) is 3. The first kappa shape index (κ1) is 17.6. The lowest BCUT2D eigenvalue weighted by Gasteiger charge is -2.41. The standard InChI is InChI=1S/C17H23FN4O3/c1-3-22(16(24)25)13-8-10(18)7-12-14(13)20-15(23)17(12,2)21-6-4-5-11(19)9-21/h7-8,11H,3-6,9,19H2,1-2H3,(H,20,23)(H,24,25)/t11-,17?/m0/s1. The highest BCUT2D eigenvalue weighted by atomic mass is 19.1. The van der Waals surface area contributed by atoms with Gasteiger partial charge in [-0.15, -0.1) is 0 Å². The van der Waals surface area contributed by atoms with Crippen LogP contribution in [0.15, 0.2) is 12.1 Å². The summed E-state index contributed by atoms with van der Waals surface area (Å²) in [4.78, 5) is 27.3. The molecule has 1 aromatic rings. The van der Waals surface area contributed by atoms with E-state index in [1.54, 1.807) is 13.8 Å². The highest BCUT2D eigenvalue weighted by molar-refractivity contribution is 6.10. The van der Waals surface area contributed by atoms with Crippen molar-refractivity contribution in [2.45, 2.75) is 38.3 Å². The Morgan fingerprint density at radius 1 is 1.56 bits per heavy atom. The van der Waals surface area contributed by atoms with Crippen LogP contribution in [-0.2, 0) is 10.3 Å². The topological polar surface area (TPSA) is 98.9 Å². The lowest BCUT2D eigenvalue weighted by atomic mass is 9.88. The molecule has 2 aliphatic rings. The van der Waals surface area contributed by atoms with Gasteiger partial charge in [0.2, 0.25) is 5.91 Å². The Morgan fingerprint density at radius 3 is 2.88 bits per heavy atom. The smallest absolute Gasteiger partial charge is 0.411 e. The van der Waals surface area contributed by atoms with Crippen molar-refractivity contribution in [3.8, 4) is 0 Å². The number of anilines is 2. The molecule has 1 aromatic carbocycles. The Labute approximate surface area is 145 Å². The number of carboxylic acid groups (broad SMARTS) is 1. The second-order valence-corrected chi connectivity index (χ2v) is 6.75. The number of likely N-dealkylation sites (tertiary alicyclic amines) is 1. The molecule has 25 heavy (non-hydrogen) atoms. The fraction of sp³-hybridized carbons (Fsp3) is 0.529. The van der Waals surface area contributed by atoms with Gasteiger partial charge in [0, 0.05) is 24.7 Å². The second-order valence-electron chi connectivity index (χ2n) is 6.75. The average Bonchev–Trinajstić information content (AvgIpc) is 2.81. The molecule has 0 aromatic heterocycles. The first-order valence-corrected chi connectivity index (χ1v) is 8.45. The number of piperidine rings is 1. The van der Waals surface area contributed by atoms with Crippen LogP contribution in [0.4, 0.5) is 20.6 Å². The van der Waals surface area contributed by atoms with Gasteiger partial charge in [-0.2, -0.15) is 0 Å². The van der Waals surface area contributed by atoms with Crippen molar-refractivity contribution in [1.29, 1.82) is 0 Å². The number of nitrogens with one attached hydrogen (secondary N) is 1. The molecule has 1 saturated heterocycles. The summed E-state index contributed by atoms with van der Waals surface area (Å²) in [6.45, 7) is 4.76. The van der Waals surface area contributed by atoms with Gasteiger partial charge in [0.25, 0.3) is 0 Å².